The molecular formula is C16H13F4NO3. The van der Waals surface area contributed by atoms with Crippen LogP contribution in [0.2, 0.25) is 0 Å². The largest absolute Gasteiger partial charge is 0.573 e. The van der Waals surface area contributed by atoms with Crippen LogP contribution in [0.1, 0.15) is 22.0 Å². The van der Waals surface area contributed by atoms with E-state index in [1.807, 2.05) is 0 Å². The first-order valence-corrected chi connectivity index (χ1v) is 6.82. The highest BCUT2D eigenvalue weighted by molar-refractivity contribution is 5.94. The monoisotopic (exact) mass is 343 g/mol. The van der Waals surface area contributed by atoms with Crippen LogP contribution in [0.4, 0.5) is 17.6 Å². The van der Waals surface area contributed by atoms with Gasteiger partial charge in [0.1, 0.15) is 11.6 Å². The molecule has 0 unspecified atom stereocenters. The van der Waals surface area contributed by atoms with E-state index in [1.54, 1.807) is 0 Å². The van der Waals surface area contributed by atoms with Gasteiger partial charge < -0.3 is 15.2 Å². The summed E-state index contributed by atoms with van der Waals surface area (Å²) in [7, 11) is 0. The molecule has 0 saturated carbocycles. The van der Waals surface area contributed by atoms with Crippen molar-refractivity contribution in [1.29, 1.82) is 0 Å². The number of amides is 1. The number of rotatable bonds is 5. The zero-order valence-corrected chi connectivity index (χ0v) is 12.2. The molecule has 2 rings (SSSR count). The van der Waals surface area contributed by atoms with Gasteiger partial charge in [0, 0.05) is 5.56 Å². The third-order valence-corrected chi connectivity index (χ3v) is 3.13. The minimum absolute atomic E-state index is 0.0815. The molecular weight excluding hydrogens is 330 g/mol. The molecule has 2 N–H and O–H groups in total. The Hall–Kier alpha value is -2.61. The van der Waals surface area contributed by atoms with Gasteiger partial charge in [-0.25, -0.2) is 4.39 Å². The highest BCUT2D eigenvalue weighted by Gasteiger charge is 2.33. The van der Waals surface area contributed by atoms with Crippen molar-refractivity contribution in [1.82, 2.24) is 5.32 Å². The van der Waals surface area contributed by atoms with Crippen molar-refractivity contribution in [2.24, 2.45) is 0 Å². The Morgan fingerprint density at radius 2 is 1.75 bits per heavy atom. The Kier molecular flexibility index (Phi) is 5.40. The Labute approximate surface area is 134 Å². The van der Waals surface area contributed by atoms with E-state index in [-0.39, 0.29) is 11.1 Å². The lowest BCUT2D eigenvalue weighted by atomic mass is 10.1. The Morgan fingerprint density at radius 3 is 2.38 bits per heavy atom. The lowest BCUT2D eigenvalue weighted by molar-refractivity contribution is -0.275. The third kappa shape index (κ3) is 4.45. The summed E-state index contributed by atoms with van der Waals surface area (Å²) < 4.78 is 54.8. The van der Waals surface area contributed by atoms with Gasteiger partial charge in [-0.1, -0.05) is 30.3 Å². The number of aliphatic hydroxyl groups is 1. The molecule has 128 valence electrons. The van der Waals surface area contributed by atoms with Gasteiger partial charge >= 0.3 is 6.36 Å². The molecule has 8 heteroatoms. The van der Waals surface area contributed by atoms with Gasteiger partial charge in [-0.2, -0.15) is 0 Å². The van der Waals surface area contributed by atoms with Gasteiger partial charge in [0.05, 0.1) is 18.2 Å². The lowest BCUT2D eigenvalue weighted by Gasteiger charge is -2.20. The number of hydrogen-bond donors (Lipinski definition) is 2. The molecule has 0 fully saturated rings. The van der Waals surface area contributed by atoms with Crippen LogP contribution < -0.4 is 10.1 Å². The summed E-state index contributed by atoms with van der Waals surface area (Å²) in [4.78, 5) is 12.1. The summed E-state index contributed by atoms with van der Waals surface area (Å²) in [6.45, 7) is -0.696. The van der Waals surface area contributed by atoms with Gasteiger partial charge in [-0.15, -0.1) is 13.2 Å². The molecule has 0 heterocycles. The summed E-state index contributed by atoms with van der Waals surface area (Å²) in [5, 5.41) is 11.7. The number of nitrogens with one attached hydrogen (secondary N) is 1. The van der Waals surface area contributed by atoms with E-state index in [1.165, 1.54) is 36.4 Å². The Morgan fingerprint density at radius 1 is 1.12 bits per heavy atom. The molecule has 4 nitrogen and oxygen atoms in total. The standard InChI is InChI=1S/C16H13F4NO3/c17-12-7-3-1-5-10(12)15(23)21-13(9-22)11-6-2-4-8-14(11)24-16(18,19)20/h1-8,13,22H,9H2,(H,21,23)/t13-/m1/s1. The lowest BCUT2D eigenvalue weighted by Crippen LogP contribution is -2.32. The van der Waals surface area contributed by atoms with E-state index in [0.717, 1.165) is 12.1 Å². The normalized spacial score (nSPS) is 12.5. The van der Waals surface area contributed by atoms with Crippen LogP contribution in [-0.2, 0) is 0 Å². The second kappa shape index (κ2) is 7.31. The second-order valence-corrected chi connectivity index (χ2v) is 4.77. The second-order valence-electron chi connectivity index (χ2n) is 4.77. The average Bonchev–Trinajstić information content (AvgIpc) is 2.52. The van der Waals surface area contributed by atoms with Crippen LogP contribution in [0.25, 0.3) is 0 Å². The Bertz CT molecular complexity index is 718. The minimum atomic E-state index is -4.92. The summed E-state index contributed by atoms with van der Waals surface area (Å²) in [6, 6.07) is 8.99. The van der Waals surface area contributed by atoms with Crippen molar-refractivity contribution >= 4 is 5.91 Å². The third-order valence-electron chi connectivity index (χ3n) is 3.13. The van der Waals surface area contributed by atoms with Crippen molar-refractivity contribution in [3.05, 3.63) is 65.5 Å². The molecule has 1 atom stereocenters. The van der Waals surface area contributed by atoms with Crippen molar-refractivity contribution in [2.45, 2.75) is 12.4 Å². The molecule has 0 aromatic heterocycles. The van der Waals surface area contributed by atoms with Crippen LogP contribution in [0.3, 0.4) is 0 Å². The maximum Gasteiger partial charge on any atom is 0.573 e. The fourth-order valence-corrected chi connectivity index (χ4v) is 2.09. The van der Waals surface area contributed by atoms with Crippen LogP contribution in [0.15, 0.2) is 48.5 Å². The number of ether oxygens (including phenoxy) is 1. The fraction of sp³-hybridized carbons (Fsp3) is 0.188. The van der Waals surface area contributed by atoms with Gasteiger partial charge in [0.15, 0.2) is 0 Å². The van der Waals surface area contributed by atoms with Gasteiger partial charge in [-0.3, -0.25) is 4.79 Å². The predicted octanol–water partition coefficient (Wildman–Crippen LogP) is 3.19. The van der Waals surface area contributed by atoms with Crippen molar-refractivity contribution < 1.29 is 32.2 Å². The number of halogens is 4. The predicted molar refractivity (Wildman–Crippen MR) is 76.8 cm³/mol. The number of hydrogen-bond acceptors (Lipinski definition) is 3. The molecule has 2 aromatic carbocycles. The summed E-state index contributed by atoms with van der Waals surface area (Å²) in [5.41, 5.74) is -0.368. The molecule has 0 bridgehead atoms. The first-order valence-electron chi connectivity index (χ1n) is 6.82. The van der Waals surface area contributed by atoms with E-state index in [9.17, 15) is 27.5 Å². The van der Waals surface area contributed by atoms with Crippen molar-refractivity contribution in [3.8, 4) is 5.75 Å². The summed E-state index contributed by atoms with van der Waals surface area (Å²) in [6.07, 6.45) is -4.92. The topological polar surface area (TPSA) is 58.6 Å². The molecule has 0 radical (unpaired) electrons. The van der Waals surface area contributed by atoms with Gasteiger partial charge in [0.2, 0.25) is 0 Å². The van der Waals surface area contributed by atoms with Crippen LogP contribution in [-0.4, -0.2) is 24.0 Å². The summed E-state index contributed by atoms with van der Waals surface area (Å²) >= 11 is 0. The SMILES string of the molecule is O=C(N[C@H](CO)c1ccccc1OC(F)(F)F)c1ccccc1F. The molecule has 2 aromatic rings. The van der Waals surface area contributed by atoms with Gasteiger partial charge in [0.25, 0.3) is 5.91 Å². The molecule has 1 amide bonds. The van der Waals surface area contributed by atoms with E-state index >= 15 is 0 Å². The van der Waals surface area contributed by atoms with Crippen LogP contribution in [0.5, 0.6) is 5.75 Å². The molecule has 0 spiro atoms. The first-order chi connectivity index (χ1) is 11.3. The molecule has 0 aliphatic heterocycles. The highest BCUT2D eigenvalue weighted by Crippen LogP contribution is 2.30. The maximum atomic E-state index is 13.6. The Balaban J connectivity index is 2.26. The fourth-order valence-electron chi connectivity index (χ4n) is 2.09. The number of carbonyl (C=O) groups excluding carboxylic acids is 1. The molecule has 0 aliphatic carbocycles. The maximum absolute atomic E-state index is 13.6. The van der Waals surface area contributed by atoms with Crippen LogP contribution in [0, 0.1) is 5.82 Å². The zero-order chi connectivity index (χ0) is 17.7. The van der Waals surface area contributed by atoms with E-state index in [2.05, 4.69) is 10.1 Å². The molecule has 24 heavy (non-hydrogen) atoms. The van der Waals surface area contributed by atoms with Crippen molar-refractivity contribution in [2.75, 3.05) is 6.61 Å². The number of benzene rings is 2. The smallest absolute Gasteiger partial charge is 0.405 e. The number of carbonyl (C=O) groups is 1. The van der Waals surface area contributed by atoms with Gasteiger partial charge in [-0.05, 0) is 18.2 Å². The highest BCUT2D eigenvalue weighted by atomic mass is 19.4. The quantitative estimate of drug-likeness (QED) is 0.820. The average molecular weight is 343 g/mol. The number of para-hydroxylation sites is 1. The molecule has 0 saturated heterocycles. The first kappa shape index (κ1) is 17.7. The van der Waals surface area contributed by atoms with Crippen LogP contribution >= 0.6 is 0 Å². The summed E-state index contributed by atoms with van der Waals surface area (Å²) in [5.74, 6) is -2.21. The van der Waals surface area contributed by atoms with Crippen molar-refractivity contribution in [3.63, 3.8) is 0 Å². The number of alkyl halides is 3. The molecule has 0 aliphatic rings. The van der Waals surface area contributed by atoms with E-state index < -0.39 is 36.5 Å². The van der Waals surface area contributed by atoms with E-state index in [0.29, 0.717) is 0 Å². The number of aliphatic hydroxyl groups excluding tert-OH is 1. The zero-order valence-electron chi connectivity index (χ0n) is 12.2. The minimum Gasteiger partial charge on any atom is -0.405 e. The van der Waals surface area contributed by atoms with E-state index in [4.69, 9.17) is 0 Å².